The lowest BCUT2D eigenvalue weighted by Gasteiger charge is -2.37. The highest BCUT2D eigenvalue weighted by molar-refractivity contribution is 5.94. The zero-order valence-corrected chi connectivity index (χ0v) is 14.4. The molecular formula is C19H27N3O2. The van der Waals surface area contributed by atoms with Crippen molar-refractivity contribution in [3.8, 4) is 0 Å². The summed E-state index contributed by atoms with van der Waals surface area (Å²) >= 11 is 0. The second-order valence-corrected chi connectivity index (χ2v) is 6.84. The van der Waals surface area contributed by atoms with Crippen LogP contribution in [0.1, 0.15) is 36.0 Å². The van der Waals surface area contributed by atoms with Crippen molar-refractivity contribution in [3.05, 3.63) is 35.9 Å². The van der Waals surface area contributed by atoms with E-state index in [1.807, 2.05) is 47.2 Å². The van der Waals surface area contributed by atoms with Gasteiger partial charge in [-0.25, -0.2) is 0 Å². The van der Waals surface area contributed by atoms with Gasteiger partial charge in [0.15, 0.2) is 0 Å². The molecule has 2 aliphatic heterocycles. The van der Waals surface area contributed by atoms with Crippen molar-refractivity contribution < 1.29 is 9.59 Å². The van der Waals surface area contributed by atoms with E-state index < -0.39 is 0 Å². The average Bonchev–Trinajstić information content (AvgIpc) is 2.67. The zero-order valence-electron chi connectivity index (χ0n) is 14.4. The van der Waals surface area contributed by atoms with Crippen molar-refractivity contribution in [2.75, 3.05) is 33.2 Å². The standard InChI is InChI=1S/C19H27N3O2/c1-20-17-8-5-11-22(14-17)19(24)16-9-12-21(13-10-16)18(23)15-6-3-2-4-7-15/h2-4,6-7,16-17,20H,5,8-14H2,1H3. The lowest BCUT2D eigenvalue weighted by atomic mass is 9.93. The van der Waals surface area contributed by atoms with Crippen molar-refractivity contribution in [1.82, 2.24) is 15.1 Å². The Kier molecular flexibility index (Phi) is 5.51. The summed E-state index contributed by atoms with van der Waals surface area (Å²) in [7, 11) is 1.96. The fraction of sp³-hybridized carbons (Fsp3) is 0.579. The molecule has 1 N–H and O–H groups in total. The Morgan fingerprint density at radius 1 is 1.00 bits per heavy atom. The molecule has 2 amide bonds. The van der Waals surface area contributed by atoms with E-state index in [4.69, 9.17) is 0 Å². The minimum atomic E-state index is 0.0698. The van der Waals surface area contributed by atoms with Crippen LogP contribution in [0.4, 0.5) is 0 Å². The summed E-state index contributed by atoms with van der Waals surface area (Å²) in [6.07, 6.45) is 3.77. The van der Waals surface area contributed by atoms with Gasteiger partial charge in [-0.3, -0.25) is 9.59 Å². The molecule has 24 heavy (non-hydrogen) atoms. The summed E-state index contributed by atoms with van der Waals surface area (Å²) in [5.74, 6) is 0.428. The molecule has 1 aromatic rings. The van der Waals surface area contributed by atoms with E-state index in [0.717, 1.165) is 44.3 Å². The van der Waals surface area contributed by atoms with Crippen molar-refractivity contribution >= 4 is 11.8 Å². The molecule has 0 bridgehead atoms. The van der Waals surface area contributed by atoms with Crippen molar-refractivity contribution in [2.24, 2.45) is 5.92 Å². The lowest BCUT2D eigenvalue weighted by molar-refractivity contribution is -0.138. The molecule has 0 spiro atoms. The van der Waals surface area contributed by atoms with Gasteiger partial charge in [-0.1, -0.05) is 18.2 Å². The Bertz CT molecular complexity index is 567. The van der Waals surface area contributed by atoms with E-state index in [-0.39, 0.29) is 17.7 Å². The van der Waals surface area contributed by atoms with E-state index in [0.29, 0.717) is 19.1 Å². The molecule has 0 saturated carbocycles. The molecular weight excluding hydrogens is 302 g/mol. The van der Waals surface area contributed by atoms with Gasteiger partial charge in [0.25, 0.3) is 5.91 Å². The third-order valence-electron chi connectivity index (χ3n) is 5.29. The number of carbonyl (C=O) groups excluding carboxylic acids is 2. The Labute approximate surface area is 144 Å². The minimum absolute atomic E-state index is 0.0698. The molecule has 0 aliphatic carbocycles. The molecule has 0 radical (unpaired) electrons. The molecule has 3 rings (SSSR count). The van der Waals surface area contributed by atoms with Gasteiger partial charge in [0, 0.05) is 43.7 Å². The Morgan fingerprint density at radius 2 is 1.71 bits per heavy atom. The maximum Gasteiger partial charge on any atom is 0.253 e. The van der Waals surface area contributed by atoms with Crippen LogP contribution in [0.15, 0.2) is 30.3 Å². The van der Waals surface area contributed by atoms with E-state index >= 15 is 0 Å². The molecule has 2 aliphatic rings. The van der Waals surface area contributed by atoms with Crippen LogP contribution < -0.4 is 5.32 Å². The second-order valence-electron chi connectivity index (χ2n) is 6.84. The van der Waals surface area contributed by atoms with Crippen molar-refractivity contribution in [2.45, 2.75) is 31.7 Å². The Balaban J connectivity index is 1.53. The van der Waals surface area contributed by atoms with E-state index in [9.17, 15) is 9.59 Å². The SMILES string of the molecule is CNC1CCCN(C(=O)C2CCN(C(=O)c3ccccc3)CC2)C1. The first-order chi connectivity index (χ1) is 11.7. The van der Waals surface area contributed by atoms with Crippen molar-refractivity contribution in [3.63, 3.8) is 0 Å². The maximum atomic E-state index is 12.8. The topological polar surface area (TPSA) is 52.7 Å². The van der Waals surface area contributed by atoms with Gasteiger partial charge in [-0.05, 0) is 44.9 Å². The van der Waals surface area contributed by atoms with Gasteiger partial charge < -0.3 is 15.1 Å². The van der Waals surface area contributed by atoms with Crippen molar-refractivity contribution in [1.29, 1.82) is 0 Å². The summed E-state index contributed by atoms with van der Waals surface area (Å²) < 4.78 is 0. The van der Waals surface area contributed by atoms with Gasteiger partial charge in [-0.15, -0.1) is 0 Å². The van der Waals surface area contributed by atoms with Gasteiger partial charge in [0.2, 0.25) is 5.91 Å². The number of carbonyl (C=O) groups is 2. The van der Waals surface area contributed by atoms with Crippen LogP contribution in [0.3, 0.4) is 0 Å². The number of rotatable bonds is 3. The van der Waals surface area contributed by atoms with Crippen LogP contribution >= 0.6 is 0 Å². The molecule has 2 heterocycles. The predicted molar refractivity (Wildman–Crippen MR) is 93.7 cm³/mol. The maximum absolute atomic E-state index is 12.8. The number of hydrogen-bond donors (Lipinski definition) is 1. The monoisotopic (exact) mass is 329 g/mol. The zero-order chi connectivity index (χ0) is 16.9. The molecule has 1 aromatic carbocycles. The third kappa shape index (κ3) is 3.78. The van der Waals surface area contributed by atoms with E-state index in [1.165, 1.54) is 0 Å². The Hall–Kier alpha value is -1.88. The number of likely N-dealkylation sites (tertiary alicyclic amines) is 2. The summed E-state index contributed by atoms with van der Waals surface area (Å²) in [5.41, 5.74) is 0.732. The molecule has 2 fully saturated rings. The first kappa shape index (κ1) is 17.0. The van der Waals surface area contributed by atoms with E-state index in [2.05, 4.69) is 5.32 Å². The van der Waals surface area contributed by atoms with Crippen LogP contribution in [0.5, 0.6) is 0 Å². The van der Waals surface area contributed by atoms with Gasteiger partial charge in [-0.2, -0.15) is 0 Å². The first-order valence-electron chi connectivity index (χ1n) is 8.99. The fourth-order valence-corrected chi connectivity index (χ4v) is 3.76. The molecule has 5 nitrogen and oxygen atoms in total. The van der Waals surface area contributed by atoms with Gasteiger partial charge in [0.05, 0.1) is 0 Å². The third-order valence-corrected chi connectivity index (χ3v) is 5.29. The van der Waals surface area contributed by atoms with Crippen LogP contribution in [-0.4, -0.2) is 60.9 Å². The normalized spacial score (nSPS) is 22.5. The summed E-state index contributed by atoms with van der Waals surface area (Å²) in [4.78, 5) is 29.1. The van der Waals surface area contributed by atoms with Crippen LogP contribution in [0.2, 0.25) is 0 Å². The van der Waals surface area contributed by atoms with Gasteiger partial charge >= 0.3 is 0 Å². The highest BCUT2D eigenvalue weighted by atomic mass is 16.2. The van der Waals surface area contributed by atoms with Crippen LogP contribution in [0, 0.1) is 5.92 Å². The smallest absolute Gasteiger partial charge is 0.253 e. The average molecular weight is 329 g/mol. The first-order valence-corrected chi connectivity index (χ1v) is 8.99. The molecule has 2 saturated heterocycles. The molecule has 1 unspecified atom stereocenters. The number of nitrogens with zero attached hydrogens (tertiary/aromatic N) is 2. The number of likely N-dealkylation sites (N-methyl/N-ethyl adjacent to an activating group) is 1. The van der Waals surface area contributed by atoms with Gasteiger partial charge in [0.1, 0.15) is 0 Å². The van der Waals surface area contributed by atoms with Crippen LogP contribution in [-0.2, 0) is 4.79 Å². The lowest BCUT2D eigenvalue weighted by Crippen LogP contribution is -2.50. The summed E-state index contributed by atoms with van der Waals surface area (Å²) in [6, 6.07) is 9.81. The number of amides is 2. The fourth-order valence-electron chi connectivity index (χ4n) is 3.76. The largest absolute Gasteiger partial charge is 0.341 e. The molecule has 0 aromatic heterocycles. The minimum Gasteiger partial charge on any atom is -0.341 e. The Morgan fingerprint density at radius 3 is 2.38 bits per heavy atom. The molecule has 5 heteroatoms. The molecule has 1 atom stereocenters. The summed E-state index contributed by atoms with van der Waals surface area (Å²) in [6.45, 7) is 3.04. The highest BCUT2D eigenvalue weighted by Crippen LogP contribution is 2.23. The predicted octanol–water partition coefficient (Wildman–Crippen LogP) is 1.75. The van der Waals surface area contributed by atoms with Crippen LogP contribution in [0.25, 0.3) is 0 Å². The molecule has 130 valence electrons. The second kappa shape index (κ2) is 7.79. The van der Waals surface area contributed by atoms with E-state index in [1.54, 1.807) is 0 Å². The quantitative estimate of drug-likeness (QED) is 0.919. The highest BCUT2D eigenvalue weighted by Gasteiger charge is 2.32. The number of piperidine rings is 2. The number of nitrogens with one attached hydrogen (secondary N) is 1. The number of hydrogen-bond acceptors (Lipinski definition) is 3. The number of benzene rings is 1. The summed E-state index contributed by atoms with van der Waals surface area (Å²) in [5, 5.41) is 3.29.